The van der Waals surface area contributed by atoms with Gasteiger partial charge in [0.1, 0.15) is 5.75 Å². The van der Waals surface area contributed by atoms with Crippen LogP contribution in [0, 0.1) is 0 Å². The summed E-state index contributed by atoms with van der Waals surface area (Å²) < 4.78 is 11.7. The van der Waals surface area contributed by atoms with E-state index >= 15 is 0 Å². The second-order valence-electron chi connectivity index (χ2n) is 7.70. The fraction of sp³-hybridized carbons (Fsp3) is 0.240. The zero-order chi connectivity index (χ0) is 21.0. The molecule has 2 aromatic heterocycles. The lowest BCUT2D eigenvalue weighted by molar-refractivity contribution is 0.103. The topological polar surface area (TPSA) is 77.1 Å². The SMILES string of the molecule is O=C(c1ccc(Oc2ncccc2[C@H]2CCCOCC2)cc1)c1nc2ccccc2[nH]1. The molecule has 1 saturated heterocycles. The van der Waals surface area contributed by atoms with Gasteiger partial charge in [0.05, 0.1) is 11.0 Å². The Morgan fingerprint density at radius 3 is 2.74 bits per heavy atom. The molecule has 1 atom stereocenters. The molecular formula is C25H23N3O3. The molecule has 6 nitrogen and oxygen atoms in total. The van der Waals surface area contributed by atoms with E-state index in [1.54, 1.807) is 30.5 Å². The predicted octanol–water partition coefficient (Wildman–Crippen LogP) is 5.27. The van der Waals surface area contributed by atoms with Crippen LogP contribution in [0.1, 0.15) is 46.9 Å². The average molecular weight is 413 g/mol. The van der Waals surface area contributed by atoms with Crippen LogP contribution < -0.4 is 4.74 Å². The summed E-state index contributed by atoms with van der Waals surface area (Å²) in [5.41, 5.74) is 3.28. The number of fused-ring (bicyclic) bond motifs is 1. The van der Waals surface area contributed by atoms with Gasteiger partial charge >= 0.3 is 0 Å². The Morgan fingerprint density at radius 2 is 1.87 bits per heavy atom. The van der Waals surface area contributed by atoms with Crippen LogP contribution in [0.15, 0.2) is 66.9 Å². The van der Waals surface area contributed by atoms with Crippen molar-refractivity contribution in [2.24, 2.45) is 0 Å². The number of ketones is 1. The van der Waals surface area contributed by atoms with Gasteiger partial charge in [-0.3, -0.25) is 4.79 Å². The van der Waals surface area contributed by atoms with Crippen LogP contribution in [0.2, 0.25) is 0 Å². The summed E-state index contributed by atoms with van der Waals surface area (Å²) in [4.78, 5) is 24.8. The molecule has 5 rings (SSSR count). The Labute approximate surface area is 180 Å². The molecule has 3 heterocycles. The van der Waals surface area contributed by atoms with E-state index in [4.69, 9.17) is 9.47 Å². The summed E-state index contributed by atoms with van der Waals surface area (Å²) in [6, 6.07) is 18.7. The highest BCUT2D eigenvalue weighted by atomic mass is 16.5. The van der Waals surface area contributed by atoms with Crippen LogP contribution in [0.5, 0.6) is 11.6 Å². The van der Waals surface area contributed by atoms with Crippen molar-refractivity contribution in [3.63, 3.8) is 0 Å². The van der Waals surface area contributed by atoms with Gasteiger partial charge in [-0.15, -0.1) is 0 Å². The third-order valence-electron chi connectivity index (χ3n) is 5.63. The number of hydrogen-bond acceptors (Lipinski definition) is 5. The number of carbonyl (C=O) groups is 1. The Morgan fingerprint density at radius 1 is 1.00 bits per heavy atom. The van der Waals surface area contributed by atoms with Gasteiger partial charge in [0.15, 0.2) is 5.82 Å². The summed E-state index contributed by atoms with van der Waals surface area (Å²) in [7, 11) is 0. The maximum Gasteiger partial charge on any atom is 0.228 e. The zero-order valence-corrected chi connectivity index (χ0v) is 17.1. The van der Waals surface area contributed by atoms with Crippen LogP contribution >= 0.6 is 0 Å². The first kappa shape index (κ1) is 19.5. The van der Waals surface area contributed by atoms with E-state index < -0.39 is 0 Å². The quantitative estimate of drug-likeness (QED) is 0.451. The van der Waals surface area contributed by atoms with Crippen molar-refractivity contribution in [2.75, 3.05) is 13.2 Å². The monoisotopic (exact) mass is 413 g/mol. The molecule has 0 amide bonds. The molecule has 0 aliphatic carbocycles. The fourth-order valence-corrected chi connectivity index (χ4v) is 4.00. The van der Waals surface area contributed by atoms with Crippen LogP contribution in [0.25, 0.3) is 11.0 Å². The Balaban J connectivity index is 1.34. The predicted molar refractivity (Wildman–Crippen MR) is 118 cm³/mol. The summed E-state index contributed by atoms with van der Waals surface area (Å²) in [5.74, 6) is 1.81. The van der Waals surface area contributed by atoms with Crippen molar-refractivity contribution < 1.29 is 14.3 Å². The fourth-order valence-electron chi connectivity index (χ4n) is 4.00. The number of ether oxygens (including phenoxy) is 2. The third-order valence-corrected chi connectivity index (χ3v) is 5.63. The number of nitrogens with one attached hydrogen (secondary N) is 1. The number of aromatic nitrogens is 3. The van der Waals surface area contributed by atoms with Crippen molar-refractivity contribution in [2.45, 2.75) is 25.2 Å². The minimum atomic E-state index is -0.153. The van der Waals surface area contributed by atoms with E-state index in [1.807, 2.05) is 30.3 Å². The maximum absolute atomic E-state index is 12.8. The van der Waals surface area contributed by atoms with Gasteiger partial charge < -0.3 is 14.5 Å². The van der Waals surface area contributed by atoms with E-state index in [1.165, 1.54) is 0 Å². The molecule has 156 valence electrons. The van der Waals surface area contributed by atoms with Crippen LogP contribution in [0.3, 0.4) is 0 Å². The smallest absolute Gasteiger partial charge is 0.228 e. The molecule has 0 radical (unpaired) electrons. The number of rotatable bonds is 5. The molecule has 1 aliphatic heterocycles. The van der Waals surface area contributed by atoms with E-state index in [9.17, 15) is 4.79 Å². The van der Waals surface area contributed by atoms with Gasteiger partial charge in [0.2, 0.25) is 11.7 Å². The summed E-state index contributed by atoms with van der Waals surface area (Å²) in [6.07, 6.45) is 4.81. The maximum atomic E-state index is 12.8. The molecule has 0 unspecified atom stereocenters. The molecule has 4 aromatic rings. The summed E-state index contributed by atoms with van der Waals surface area (Å²) >= 11 is 0. The zero-order valence-electron chi connectivity index (χ0n) is 17.1. The summed E-state index contributed by atoms with van der Waals surface area (Å²) in [5, 5.41) is 0. The molecule has 2 aromatic carbocycles. The number of aromatic amines is 1. The van der Waals surface area contributed by atoms with Crippen molar-refractivity contribution in [1.82, 2.24) is 15.0 Å². The van der Waals surface area contributed by atoms with Gasteiger partial charge in [-0.05, 0) is 67.6 Å². The summed E-state index contributed by atoms with van der Waals surface area (Å²) in [6.45, 7) is 1.57. The van der Waals surface area contributed by atoms with Crippen LogP contribution in [-0.4, -0.2) is 33.9 Å². The van der Waals surface area contributed by atoms with Crippen molar-refractivity contribution >= 4 is 16.8 Å². The van der Waals surface area contributed by atoms with Crippen LogP contribution in [-0.2, 0) is 4.74 Å². The molecule has 6 heteroatoms. The first-order valence-corrected chi connectivity index (χ1v) is 10.6. The number of para-hydroxylation sites is 2. The first-order valence-electron chi connectivity index (χ1n) is 10.6. The molecule has 31 heavy (non-hydrogen) atoms. The van der Waals surface area contributed by atoms with E-state index in [0.717, 1.165) is 49.1 Å². The molecule has 0 spiro atoms. The molecule has 1 aliphatic rings. The van der Waals surface area contributed by atoms with Crippen molar-refractivity contribution in [3.8, 4) is 11.6 Å². The van der Waals surface area contributed by atoms with Crippen molar-refractivity contribution in [1.29, 1.82) is 0 Å². The molecular weight excluding hydrogens is 390 g/mol. The van der Waals surface area contributed by atoms with Gasteiger partial charge in [-0.1, -0.05) is 18.2 Å². The average Bonchev–Trinajstić information content (AvgIpc) is 3.06. The normalized spacial score (nSPS) is 16.7. The minimum Gasteiger partial charge on any atom is -0.439 e. The van der Waals surface area contributed by atoms with Gasteiger partial charge in [-0.25, -0.2) is 9.97 Å². The molecule has 1 N–H and O–H groups in total. The Bertz CT molecular complexity index is 1160. The second kappa shape index (κ2) is 8.70. The highest BCUT2D eigenvalue weighted by Crippen LogP contribution is 2.34. The van der Waals surface area contributed by atoms with Gasteiger partial charge in [0.25, 0.3) is 0 Å². The van der Waals surface area contributed by atoms with E-state index in [0.29, 0.717) is 28.9 Å². The first-order chi connectivity index (χ1) is 15.3. The molecule has 0 bridgehead atoms. The molecule has 1 fully saturated rings. The largest absolute Gasteiger partial charge is 0.439 e. The Hall–Kier alpha value is -3.51. The number of pyridine rings is 1. The van der Waals surface area contributed by atoms with Gasteiger partial charge in [-0.2, -0.15) is 0 Å². The number of nitrogens with zero attached hydrogens (tertiary/aromatic N) is 2. The van der Waals surface area contributed by atoms with Gasteiger partial charge in [0, 0.05) is 30.5 Å². The van der Waals surface area contributed by atoms with Crippen molar-refractivity contribution in [3.05, 3.63) is 83.8 Å². The second-order valence-corrected chi connectivity index (χ2v) is 7.70. The van der Waals surface area contributed by atoms with E-state index in [2.05, 4.69) is 21.0 Å². The van der Waals surface area contributed by atoms with Crippen LogP contribution in [0.4, 0.5) is 0 Å². The van der Waals surface area contributed by atoms with E-state index in [-0.39, 0.29) is 5.78 Å². The lowest BCUT2D eigenvalue weighted by Crippen LogP contribution is -2.04. The third kappa shape index (κ3) is 4.20. The number of hydrogen-bond donors (Lipinski definition) is 1. The number of carbonyl (C=O) groups excluding carboxylic acids is 1. The Kier molecular flexibility index (Phi) is 5.46. The highest BCUT2D eigenvalue weighted by molar-refractivity contribution is 6.08. The number of benzene rings is 2. The lowest BCUT2D eigenvalue weighted by atomic mass is 9.93. The lowest BCUT2D eigenvalue weighted by Gasteiger charge is -2.17. The standard InChI is InChI=1S/C25H23N3O3/c29-23(24-27-21-7-1-2-8-22(21)28-24)18-9-11-19(12-10-18)31-25-20(6-3-14-26-25)17-5-4-15-30-16-13-17/h1-3,6-12,14,17H,4-5,13,15-16H2,(H,27,28)/t17-/m0/s1. The number of imidazole rings is 1. The minimum absolute atomic E-state index is 0.153. The molecule has 0 saturated carbocycles. The number of H-pyrrole nitrogens is 1. The highest BCUT2D eigenvalue weighted by Gasteiger charge is 2.20.